The normalized spacial score (nSPS) is 12.5. The van der Waals surface area contributed by atoms with Crippen LogP contribution in [-0.2, 0) is 13.6 Å². The Morgan fingerprint density at radius 2 is 1.92 bits per heavy atom. The number of H-pyrrole nitrogens is 1. The predicted molar refractivity (Wildman–Crippen MR) is 91.3 cm³/mol. The Balaban J connectivity index is 2.19. The Bertz CT molecular complexity index is 985. The molecule has 8 nitrogen and oxygen atoms in total. The van der Waals surface area contributed by atoms with Crippen LogP contribution < -0.4 is 16.1 Å². The molecule has 1 aromatic carbocycles. The molecule has 0 aliphatic heterocycles. The average Bonchev–Trinajstić information content (AvgIpc) is 2.93. The van der Waals surface area contributed by atoms with Gasteiger partial charge in [-0.1, -0.05) is 30.3 Å². The molecule has 3 aromatic rings. The van der Waals surface area contributed by atoms with E-state index in [4.69, 9.17) is 0 Å². The lowest BCUT2D eigenvalue weighted by Gasteiger charge is -2.17. The summed E-state index contributed by atoms with van der Waals surface area (Å²) in [5.41, 5.74) is 0.244. The Morgan fingerprint density at radius 3 is 2.54 bits per heavy atom. The van der Waals surface area contributed by atoms with Crippen LogP contribution in [0.2, 0.25) is 0 Å². The topological polar surface area (TPSA) is 96.2 Å². The maximum atomic E-state index is 12.3. The molecule has 2 N–H and O–H groups in total. The monoisotopic (exact) mass is 329 g/mol. The first kappa shape index (κ1) is 16.0. The number of nitrogens with zero attached hydrogens (tertiary/aromatic N) is 4. The summed E-state index contributed by atoms with van der Waals surface area (Å²) in [6.07, 6.45) is -0.807. The summed E-state index contributed by atoms with van der Waals surface area (Å²) in [5.74, 6) is 0.492. The first-order valence-corrected chi connectivity index (χ1v) is 7.50. The molecule has 0 amide bonds. The van der Waals surface area contributed by atoms with E-state index in [0.717, 1.165) is 5.56 Å². The number of aromatic nitrogens is 4. The minimum Gasteiger partial charge on any atom is -0.387 e. The highest BCUT2D eigenvalue weighted by atomic mass is 16.3. The van der Waals surface area contributed by atoms with E-state index in [2.05, 4.69) is 9.97 Å². The molecule has 0 saturated carbocycles. The Morgan fingerprint density at radius 1 is 1.25 bits per heavy atom. The molecule has 0 aliphatic rings. The predicted octanol–water partition coefficient (Wildman–Crippen LogP) is 0.223. The molecule has 8 heteroatoms. The summed E-state index contributed by atoms with van der Waals surface area (Å²) in [5, 5.41) is 10.5. The number of rotatable bonds is 4. The molecule has 126 valence electrons. The molecule has 0 fully saturated rings. The zero-order valence-electron chi connectivity index (χ0n) is 13.7. The lowest BCUT2D eigenvalue weighted by Crippen LogP contribution is -2.29. The molecule has 0 bridgehead atoms. The second-order valence-electron chi connectivity index (χ2n) is 5.83. The summed E-state index contributed by atoms with van der Waals surface area (Å²) < 4.78 is 2.92. The molecule has 2 aromatic heterocycles. The molecule has 0 unspecified atom stereocenters. The molecule has 24 heavy (non-hydrogen) atoms. The van der Waals surface area contributed by atoms with Gasteiger partial charge in [0, 0.05) is 21.1 Å². The highest BCUT2D eigenvalue weighted by Crippen LogP contribution is 2.22. The summed E-state index contributed by atoms with van der Waals surface area (Å²) >= 11 is 0. The van der Waals surface area contributed by atoms with E-state index >= 15 is 0 Å². The van der Waals surface area contributed by atoms with Crippen LogP contribution >= 0.6 is 0 Å². The zero-order valence-corrected chi connectivity index (χ0v) is 13.7. The molecule has 0 spiro atoms. The van der Waals surface area contributed by atoms with Crippen molar-refractivity contribution < 1.29 is 5.11 Å². The number of imidazole rings is 1. The van der Waals surface area contributed by atoms with Crippen molar-refractivity contribution in [3.05, 3.63) is 56.7 Å². The molecule has 0 aliphatic carbocycles. The highest BCUT2D eigenvalue weighted by Gasteiger charge is 2.21. The maximum absolute atomic E-state index is 12.3. The van der Waals surface area contributed by atoms with E-state index in [9.17, 15) is 14.7 Å². The zero-order chi connectivity index (χ0) is 17.4. The third-order valence-electron chi connectivity index (χ3n) is 3.93. The third kappa shape index (κ3) is 2.61. The van der Waals surface area contributed by atoms with Gasteiger partial charge in [-0.3, -0.25) is 14.3 Å². The van der Waals surface area contributed by atoms with Crippen molar-refractivity contribution in [1.29, 1.82) is 0 Å². The van der Waals surface area contributed by atoms with Gasteiger partial charge in [-0.2, -0.15) is 4.98 Å². The van der Waals surface area contributed by atoms with E-state index in [0.29, 0.717) is 5.95 Å². The van der Waals surface area contributed by atoms with Crippen molar-refractivity contribution in [2.75, 3.05) is 19.0 Å². The lowest BCUT2D eigenvalue weighted by molar-refractivity contribution is 0.158. The SMILES string of the molecule is CN(C)c1nc2c(c(=O)[nH]c(=O)n2C)n1C[C@H](O)c1ccccc1. The van der Waals surface area contributed by atoms with Crippen molar-refractivity contribution >= 4 is 17.1 Å². The van der Waals surface area contributed by atoms with Gasteiger partial charge in [0.1, 0.15) is 0 Å². The summed E-state index contributed by atoms with van der Waals surface area (Å²) in [7, 11) is 5.13. The summed E-state index contributed by atoms with van der Waals surface area (Å²) in [6, 6.07) is 9.19. The number of aromatic amines is 1. The van der Waals surface area contributed by atoms with Gasteiger partial charge < -0.3 is 14.6 Å². The van der Waals surface area contributed by atoms with E-state index in [-0.39, 0.29) is 17.7 Å². The number of aliphatic hydroxyl groups excluding tert-OH is 1. The number of benzene rings is 1. The van der Waals surface area contributed by atoms with Crippen molar-refractivity contribution in [1.82, 2.24) is 19.1 Å². The summed E-state index contributed by atoms with van der Waals surface area (Å²) in [6.45, 7) is 0.148. The number of fused-ring (bicyclic) bond motifs is 1. The average molecular weight is 329 g/mol. The van der Waals surface area contributed by atoms with Gasteiger partial charge in [0.05, 0.1) is 12.6 Å². The largest absolute Gasteiger partial charge is 0.387 e. The van der Waals surface area contributed by atoms with Crippen LogP contribution in [0.15, 0.2) is 39.9 Å². The van der Waals surface area contributed by atoms with Gasteiger partial charge >= 0.3 is 5.69 Å². The van der Waals surface area contributed by atoms with Crippen LogP contribution in [0.3, 0.4) is 0 Å². The molecule has 1 atom stereocenters. The number of aryl methyl sites for hydroxylation is 1. The van der Waals surface area contributed by atoms with Gasteiger partial charge in [0.15, 0.2) is 11.2 Å². The van der Waals surface area contributed by atoms with Gasteiger partial charge in [-0.05, 0) is 5.56 Å². The van der Waals surface area contributed by atoms with Crippen LogP contribution in [0, 0.1) is 0 Å². The van der Waals surface area contributed by atoms with Crippen LogP contribution in [0.5, 0.6) is 0 Å². The molecular formula is C16H19N5O3. The fourth-order valence-corrected chi connectivity index (χ4v) is 2.69. The minimum atomic E-state index is -0.807. The Labute approximate surface area is 137 Å². The van der Waals surface area contributed by atoms with E-state index in [1.165, 1.54) is 4.57 Å². The smallest absolute Gasteiger partial charge is 0.329 e. The fourth-order valence-electron chi connectivity index (χ4n) is 2.69. The summed E-state index contributed by atoms with van der Waals surface area (Å²) in [4.78, 5) is 32.5. The highest BCUT2D eigenvalue weighted by molar-refractivity contribution is 5.74. The van der Waals surface area contributed by atoms with Crippen LogP contribution in [0.25, 0.3) is 11.2 Å². The first-order chi connectivity index (χ1) is 11.4. The Kier molecular flexibility index (Phi) is 3.98. The van der Waals surface area contributed by atoms with Gasteiger partial charge in [-0.15, -0.1) is 0 Å². The van der Waals surface area contributed by atoms with E-state index in [1.54, 1.807) is 30.6 Å². The van der Waals surface area contributed by atoms with Crippen LogP contribution in [-0.4, -0.2) is 38.3 Å². The van der Waals surface area contributed by atoms with Crippen LogP contribution in [0.4, 0.5) is 5.95 Å². The molecule has 0 saturated heterocycles. The standard InChI is InChI=1S/C16H19N5O3/c1-19(2)15-17-13-12(14(23)18-16(24)20(13)3)21(15)9-11(22)10-7-5-4-6-8-10/h4-8,11,22H,9H2,1-3H3,(H,18,23,24)/t11-/m0/s1. The van der Waals surface area contributed by atoms with Gasteiger partial charge in [0.2, 0.25) is 5.95 Å². The fraction of sp³-hybridized carbons (Fsp3) is 0.312. The lowest BCUT2D eigenvalue weighted by atomic mass is 10.1. The van der Waals surface area contributed by atoms with Crippen molar-refractivity contribution in [3.63, 3.8) is 0 Å². The maximum Gasteiger partial charge on any atom is 0.329 e. The number of hydrogen-bond donors (Lipinski definition) is 2. The van der Waals surface area contributed by atoms with Crippen LogP contribution in [0.1, 0.15) is 11.7 Å². The van der Waals surface area contributed by atoms with E-state index < -0.39 is 17.4 Å². The second-order valence-corrected chi connectivity index (χ2v) is 5.83. The van der Waals surface area contributed by atoms with Crippen molar-refractivity contribution in [2.24, 2.45) is 7.05 Å². The van der Waals surface area contributed by atoms with Crippen molar-refractivity contribution in [3.8, 4) is 0 Å². The third-order valence-corrected chi connectivity index (χ3v) is 3.93. The Hall–Kier alpha value is -2.87. The number of aliphatic hydroxyl groups is 1. The number of hydrogen-bond acceptors (Lipinski definition) is 5. The second kappa shape index (κ2) is 5.97. The van der Waals surface area contributed by atoms with E-state index in [1.807, 2.05) is 30.3 Å². The molecular weight excluding hydrogens is 310 g/mol. The molecule has 3 rings (SSSR count). The van der Waals surface area contributed by atoms with Gasteiger partial charge in [-0.25, -0.2) is 4.79 Å². The quantitative estimate of drug-likeness (QED) is 0.714. The number of anilines is 1. The number of nitrogens with one attached hydrogen (secondary N) is 1. The van der Waals surface area contributed by atoms with Gasteiger partial charge in [0.25, 0.3) is 5.56 Å². The first-order valence-electron chi connectivity index (χ1n) is 7.50. The minimum absolute atomic E-state index is 0.148. The van der Waals surface area contributed by atoms with Crippen molar-refractivity contribution in [2.45, 2.75) is 12.6 Å². The molecule has 0 radical (unpaired) electrons. The molecule has 2 heterocycles.